The first kappa shape index (κ1) is 15.1. The molecule has 0 bridgehead atoms. The van der Waals surface area contributed by atoms with E-state index in [0.29, 0.717) is 6.54 Å². The molecule has 1 aromatic heterocycles. The van der Waals surface area contributed by atoms with Gasteiger partial charge in [0, 0.05) is 25.0 Å². The number of hydrogen-bond acceptors (Lipinski definition) is 4. The van der Waals surface area contributed by atoms with E-state index in [2.05, 4.69) is 15.0 Å². The summed E-state index contributed by atoms with van der Waals surface area (Å²) in [6.07, 6.45) is 4.31. The molecule has 1 rings (SSSR count). The van der Waals surface area contributed by atoms with Crippen molar-refractivity contribution in [3.8, 4) is 0 Å². The highest BCUT2D eigenvalue weighted by Gasteiger charge is 2.14. The Morgan fingerprint density at radius 1 is 1.28 bits per heavy atom. The first-order valence-corrected chi connectivity index (χ1v) is 7.81. The molecule has 0 aliphatic rings. The summed E-state index contributed by atoms with van der Waals surface area (Å²) in [7, 11) is -3.24. The molecule has 1 heterocycles. The van der Waals surface area contributed by atoms with Crippen molar-refractivity contribution in [3.63, 3.8) is 0 Å². The van der Waals surface area contributed by atoms with Crippen LogP contribution in [0.1, 0.15) is 31.9 Å². The van der Waals surface area contributed by atoms with Crippen LogP contribution in [0, 0.1) is 0 Å². The van der Waals surface area contributed by atoms with Crippen molar-refractivity contribution >= 4 is 10.0 Å². The van der Waals surface area contributed by atoms with Gasteiger partial charge in [0.1, 0.15) is 0 Å². The van der Waals surface area contributed by atoms with Crippen molar-refractivity contribution in [1.82, 2.24) is 15.0 Å². The van der Waals surface area contributed by atoms with Gasteiger partial charge >= 0.3 is 0 Å². The van der Waals surface area contributed by atoms with Crippen LogP contribution < -0.4 is 10.0 Å². The van der Waals surface area contributed by atoms with Crippen LogP contribution >= 0.6 is 0 Å². The fourth-order valence-electron chi connectivity index (χ4n) is 1.56. The number of nitrogens with zero attached hydrogens (tertiary/aromatic N) is 1. The Morgan fingerprint density at radius 3 is 2.56 bits per heavy atom. The summed E-state index contributed by atoms with van der Waals surface area (Å²) in [5.74, 6) is 0.0996. The Hall–Kier alpha value is -0.980. The molecule has 1 unspecified atom stereocenters. The third kappa shape index (κ3) is 5.57. The quantitative estimate of drug-likeness (QED) is 0.694. The minimum atomic E-state index is -3.24. The van der Waals surface area contributed by atoms with Gasteiger partial charge in [0.25, 0.3) is 0 Å². The Morgan fingerprint density at radius 2 is 1.94 bits per heavy atom. The molecule has 0 saturated carbocycles. The van der Waals surface area contributed by atoms with E-state index in [1.807, 2.05) is 26.0 Å². The minimum absolute atomic E-state index is 0.0996. The molecule has 0 saturated heterocycles. The van der Waals surface area contributed by atoms with E-state index < -0.39 is 10.0 Å². The van der Waals surface area contributed by atoms with Gasteiger partial charge in [-0.2, -0.15) is 0 Å². The van der Waals surface area contributed by atoms with Crippen LogP contribution in [0.2, 0.25) is 0 Å². The van der Waals surface area contributed by atoms with E-state index in [9.17, 15) is 8.42 Å². The zero-order valence-corrected chi connectivity index (χ0v) is 11.7. The third-order valence-corrected chi connectivity index (χ3v) is 3.99. The van der Waals surface area contributed by atoms with Crippen LogP contribution in [0.4, 0.5) is 0 Å². The predicted molar refractivity (Wildman–Crippen MR) is 72.7 cm³/mol. The van der Waals surface area contributed by atoms with Crippen LogP contribution in [-0.2, 0) is 10.0 Å². The zero-order valence-electron chi connectivity index (χ0n) is 10.9. The molecule has 0 fully saturated rings. The summed E-state index contributed by atoms with van der Waals surface area (Å²) in [6, 6.07) is 3.38. The average Bonchev–Trinajstić information content (AvgIpc) is 2.35. The van der Waals surface area contributed by atoms with Crippen LogP contribution in [0.5, 0.6) is 0 Å². The molecule has 0 aliphatic carbocycles. The largest absolute Gasteiger partial charge is 0.316 e. The molecule has 102 valence electrons. The lowest BCUT2D eigenvalue weighted by molar-refractivity contribution is 0.562. The van der Waals surface area contributed by atoms with Crippen LogP contribution in [0.3, 0.4) is 0 Å². The number of aromatic nitrogens is 1. The van der Waals surface area contributed by atoms with Gasteiger partial charge in [-0.25, -0.2) is 13.1 Å². The predicted octanol–water partition coefficient (Wildman–Crippen LogP) is 1.06. The lowest BCUT2D eigenvalue weighted by atomic mass is 10.1. The molecule has 0 radical (unpaired) electrons. The van der Waals surface area contributed by atoms with Crippen molar-refractivity contribution in [2.24, 2.45) is 0 Å². The van der Waals surface area contributed by atoms with Gasteiger partial charge in [-0.15, -0.1) is 0 Å². The summed E-state index contributed by atoms with van der Waals surface area (Å²) in [5, 5.41) is 3.08. The van der Waals surface area contributed by atoms with Gasteiger partial charge < -0.3 is 5.32 Å². The lowest BCUT2D eigenvalue weighted by Crippen LogP contribution is -2.33. The second kappa shape index (κ2) is 7.45. The van der Waals surface area contributed by atoms with Crippen LogP contribution in [0.15, 0.2) is 24.5 Å². The van der Waals surface area contributed by atoms with Crippen molar-refractivity contribution in [1.29, 1.82) is 0 Å². The molecule has 0 spiro atoms. The fraction of sp³-hybridized carbons (Fsp3) is 0.583. The smallest absolute Gasteiger partial charge is 0.213 e. The fourth-order valence-corrected chi connectivity index (χ4v) is 2.76. The molecule has 1 atom stereocenters. The minimum Gasteiger partial charge on any atom is -0.316 e. The standard InChI is InChI=1S/C12H21N3O2S/c1-3-6-13-9-10-18(16,17)15-11(2)12-4-7-14-8-5-12/h4-5,7-8,11,13,15H,3,6,9-10H2,1-2H3. The van der Waals surface area contributed by atoms with Crippen molar-refractivity contribution in [2.75, 3.05) is 18.8 Å². The number of hydrogen-bond donors (Lipinski definition) is 2. The molecule has 0 aliphatic heterocycles. The van der Waals surface area contributed by atoms with Crippen molar-refractivity contribution in [2.45, 2.75) is 26.3 Å². The summed E-state index contributed by atoms with van der Waals surface area (Å²) >= 11 is 0. The van der Waals surface area contributed by atoms with Crippen LogP contribution in [-0.4, -0.2) is 32.2 Å². The van der Waals surface area contributed by atoms with Gasteiger partial charge in [0.05, 0.1) is 5.75 Å². The van der Waals surface area contributed by atoms with E-state index in [1.165, 1.54) is 0 Å². The van der Waals surface area contributed by atoms with E-state index in [4.69, 9.17) is 0 Å². The molecule has 5 nitrogen and oxygen atoms in total. The highest BCUT2D eigenvalue weighted by molar-refractivity contribution is 7.89. The monoisotopic (exact) mass is 271 g/mol. The number of pyridine rings is 1. The molecule has 0 aromatic carbocycles. The lowest BCUT2D eigenvalue weighted by Gasteiger charge is -2.14. The maximum Gasteiger partial charge on any atom is 0.213 e. The Bertz CT molecular complexity index is 434. The van der Waals surface area contributed by atoms with E-state index in [-0.39, 0.29) is 11.8 Å². The Balaban J connectivity index is 2.45. The van der Waals surface area contributed by atoms with E-state index >= 15 is 0 Å². The SMILES string of the molecule is CCCNCCS(=O)(=O)NC(C)c1ccncc1. The van der Waals surface area contributed by atoms with E-state index in [0.717, 1.165) is 18.5 Å². The molecule has 2 N–H and O–H groups in total. The third-order valence-electron chi connectivity index (χ3n) is 2.54. The summed E-state index contributed by atoms with van der Waals surface area (Å²) in [4.78, 5) is 3.91. The summed E-state index contributed by atoms with van der Waals surface area (Å²) < 4.78 is 26.3. The summed E-state index contributed by atoms with van der Waals surface area (Å²) in [5.41, 5.74) is 0.912. The number of sulfonamides is 1. The first-order valence-electron chi connectivity index (χ1n) is 6.16. The molecular weight excluding hydrogens is 250 g/mol. The second-order valence-electron chi connectivity index (χ2n) is 4.19. The zero-order chi connectivity index (χ0) is 13.4. The second-order valence-corrected chi connectivity index (χ2v) is 6.06. The Labute approximate surface area is 109 Å². The van der Waals surface area contributed by atoms with Gasteiger partial charge in [0.2, 0.25) is 10.0 Å². The van der Waals surface area contributed by atoms with Gasteiger partial charge in [-0.05, 0) is 37.6 Å². The maximum atomic E-state index is 11.8. The van der Waals surface area contributed by atoms with Gasteiger partial charge in [0.15, 0.2) is 0 Å². The normalized spacial score (nSPS) is 13.4. The number of nitrogens with one attached hydrogen (secondary N) is 2. The van der Waals surface area contributed by atoms with Gasteiger partial charge in [-0.1, -0.05) is 6.92 Å². The van der Waals surface area contributed by atoms with Crippen molar-refractivity contribution < 1.29 is 8.42 Å². The van der Waals surface area contributed by atoms with E-state index in [1.54, 1.807) is 12.4 Å². The topological polar surface area (TPSA) is 71.1 Å². The summed E-state index contributed by atoms with van der Waals surface area (Å²) in [6.45, 7) is 5.19. The maximum absolute atomic E-state index is 11.8. The highest BCUT2D eigenvalue weighted by atomic mass is 32.2. The average molecular weight is 271 g/mol. The number of rotatable bonds is 8. The molecule has 1 aromatic rings. The molecule has 18 heavy (non-hydrogen) atoms. The Kier molecular flexibility index (Phi) is 6.24. The molecule has 6 heteroatoms. The molecule has 0 amide bonds. The first-order chi connectivity index (χ1) is 8.55. The highest BCUT2D eigenvalue weighted by Crippen LogP contribution is 2.11. The van der Waals surface area contributed by atoms with Gasteiger partial charge in [-0.3, -0.25) is 4.98 Å². The van der Waals surface area contributed by atoms with Crippen molar-refractivity contribution in [3.05, 3.63) is 30.1 Å². The van der Waals surface area contributed by atoms with Crippen LogP contribution in [0.25, 0.3) is 0 Å². The molecular formula is C12H21N3O2S.